The molecule has 2 rings (SSSR count). The predicted octanol–water partition coefficient (Wildman–Crippen LogP) is 2.05. The van der Waals surface area contributed by atoms with Gasteiger partial charge in [-0.15, -0.1) is 0 Å². The van der Waals surface area contributed by atoms with Gasteiger partial charge in [0.05, 0.1) is 6.04 Å². The number of hydrogen-bond donors (Lipinski definition) is 0. The molecule has 1 saturated heterocycles. The van der Waals surface area contributed by atoms with Gasteiger partial charge in [0.1, 0.15) is 0 Å². The monoisotopic (exact) mass is 232 g/mol. The summed E-state index contributed by atoms with van der Waals surface area (Å²) >= 11 is 0. The molecule has 0 saturated carbocycles. The number of nitrogens with zero attached hydrogens (tertiary/aromatic N) is 2. The van der Waals surface area contributed by atoms with Crippen molar-refractivity contribution in [2.45, 2.75) is 26.3 Å². The minimum absolute atomic E-state index is 0.154. The second kappa shape index (κ2) is 4.78. The van der Waals surface area contributed by atoms with Crippen molar-refractivity contribution in [3.8, 4) is 0 Å². The maximum atomic E-state index is 11.3. The fourth-order valence-corrected chi connectivity index (χ4v) is 2.45. The highest BCUT2D eigenvalue weighted by Crippen LogP contribution is 2.25. The molecule has 1 amide bonds. The van der Waals surface area contributed by atoms with E-state index in [1.165, 1.54) is 11.3 Å². The van der Waals surface area contributed by atoms with E-state index in [2.05, 4.69) is 36.1 Å². The highest BCUT2D eigenvalue weighted by Gasteiger charge is 2.27. The van der Waals surface area contributed by atoms with Crippen molar-refractivity contribution < 1.29 is 4.79 Å². The second-order valence-corrected chi connectivity index (χ2v) is 4.80. The van der Waals surface area contributed by atoms with Crippen LogP contribution < -0.4 is 4.90 Å². The summed E-state index contributed by atoms with van der Waals surface area (Å²) in [5.41, 5.74) is 2.60. The van der Waals surface area contributed by atoms with Gasteiger partial charge in [-0.1, -0.05) is 18.2 Å². The number of hydrogen-bond acceptors (Lipinski definition) is 2. The van der Waals surface area contributed by atoms with Gasteiger partial charge in [0.2, 0.25) is 5.91 Å². The number of likely N-dealkylation sites (N-methyl/N-ethyl adjacent to an activating group) is 1. The van der Waals surface area contributed by atoms with E-state index in [1.807, 2.05) is 11.9 Å². The molecule has 0 N–H and O–H groups in total. The summed E-state index contributed by atoms with van der Waals surface area (Å²) in [5, 5.41) is 0. The molecule has 1 aliphatic heterocycles. The third kappa shape index (κ3) is 2.43. The van der Waals surface area contributed by atoms with Gasteiger partial charge in [0.25, 0.3) is 0 Å². The lowest BCUT2D eigenvalue weighted by molar-refractivity contribution is -0.129. The van der Waals surface area contributed by atoms with Crippen LogP contribution in [0.3, 0.4) is 0 Å². The van der Waals surface area contributed by atoms with Crippen LogP contribution in [-0.4, -0.2) is 37.0 Å². The van der Waals surface area contributed by atoms with Crippen molar-refractivity contribution in [2.24, 2.45) is 0 Å². The third-order valence-electron chi connectivity index (χ3n) is 3.66. The Morgan fingerprint density at radius 2 is 2.12 bits per heavy atom. The smallest absolute Gasteiger partial charge is 0.219 e. The molecule has 1 fully saturated rings. The highest BCUT2D eigenvalue weighted by molar-refractivity contribution is 5.73. The Labute approximate surface area is 103 Å². The zero-order chi connectivity index (χ0) is 12.4. The van der Waals surface area contributed by atoms with E-state index in [9.17, 15) is 4.79 Å². The lowest BCUT2D eigenvalue weighted by Gasteiger charge is -2.25. The molecule has 1 atom stereocenters. The van der Waals surface area contributed by atoms with E-state index in [4.69, 9.17) is 0 Å². The third-order valence-corrected chi connectivity index (χ3v) is 3.66. The van der Waals surface area contributed by atoms with E-state index in [-0.39, 0.29) is 5.91 Å². The number of amides is 1. The van der Waals surface area contributed by atoms with Crippen LogP contribution in [0.2, 0.25) is 0 Å². The molecular weight excluding hydrogens is 212 g/mol. The first-order valence-electron chi connectivity index (χ1n) is 6.13. The van der Waals surface area contributed by atoms with Crippen molar-refractivity contribution in [3.05, 3.63) is 29.8 Å². The van der Waals surface area contributed by atoms with Crippen LogP contribution in [0, 0.1) is 6.92 Å². The summed E-state index contributed by atoms with van der Waals surface area (Å²) in [5.74, 6) is 0.154. The molecule has 1 aromatic rings. The molecule has 17 heavy (non-hydrogen) atoms. The van der Waals surface area contributed by atoms with Gasteiger partial charge >= 0.3 is 0 Å². The molecule has 1 heterocycles. The first-order valence-corrected chi connectivity index (χ1v) is 6.13. The van der Waals surface area contributed by atoms with Gasteiger partial charge in [-0.3, -0.25) is 4.79 Å². The van der Waals surface area contributed by atoms with Crippen molar-refractivity contribution in [1.29, 1.82) is 0 Å². The number of aryl methyl sites for hydroxylation is 1. The first kappa shape index (κ1) is 12.0. The van der Waals surface area contributed by atoms with Gasteiger partial charge < -0.3 is 9.80 Å². The van der Waals surface area contributed by atoms with Gasteiger partial charge in [-0.25, -0.2) is 0 Å². The van der Waals surface area contributed by atoms with Crippen LogP contribution in [0.25, 0.3) is 0 Å². The Hall–Kier alpha value is -1.51. The molecule has 0 radical (unpaired) electrons. The number of rotatable bonds is 2. The molecule has 1 aliphatic rings. The average Bonchev–Trinajstić information content (AvgIpc) is 2.77. The molecule has 1 aromatic carbocycles. The zero-order valence-corrected chi connectivity index (χ0v) is 10.8. The standard InChI is InChI=1S/C14H20N2O/c1-11-6-4-5-7-14(11)16-9-8-13(10-16)15(3)12(2)17/h4-7,13H,8-10H2,1-3H3. The largest absolute Gasteiger partial charge is 0.369 e. The first-order chi connectivity index (χ1) is 8.09. The average molecular weight is 232 g/mol. The van der Waals surface area contributed by atoms with Gasteiger partial charge in [-0.2, -0.15) is 0 Å². The van der Waals surface area contributed by atoms with E-state index >= 15 is 0 Å². The summed E-state index contributed by atoms with van der Waals surface area (Å²) < 4.78 is 0. The fraction of sp³-hybridized carbons (Fsp3) is 0.500. The molecule has 0 spiro atoms. The molecule has 92 valence electrons. The predicted molar refractivity (Wildman–Crippen MR) is 70.2 cm³/mol. The topological polar surface area (TPSA) is 23.6 Å². The van der Waals surface area contributed by atoms with E-state index in [0.29, 0.717) is 6.04 Å². The van der Waals surface area contributed by atoms with Crippen molar-refractivity contribution in [3.63, 3.8) is 0 Å². The molecule has 0 aliphatic carbocycles. The molecular formula is C14H20N2O. The van der Waals surface area contributed by atoms with Crippen LogP contribution in [0.5, 0.6) is 0 Å². The highest BCUT2D eigenvalue weighted by atomic mass is 16.2. The van der Waals surface area contributed by atoms with Crippen LogP contribution in [0.15, 0.2) is 24.3 Å². The number of para-hydroxylation sites is 1. The maximum absolute atomic E-state index is 11.3. The van der Waals surface area contributed by atoms with E-state index < -0.39 is 0 Å². The molecule has 3 nitrogen and oxygen atoms in total. The van der Waals surface area contributed by atoms with Gasteiger partial charge in [0.15, 0.2) is 0 Å². The Morgan fingerprint density at radius 1 is 1.41 bits per heavy atom. The maximum Gasteiger partial charge on any atom is 0.219 e. The van der Waals surface area contributed by atoms with Crippen LogP contribution >= 0.6 is 0 Å². The van der Waals surface area contributed by atoms with Crippen LogP contribution in [-0.2, 0) is 4.79 Å². The lowest BCUT2D eigenvalue weighted by atomic mass is 10.2. The zero-order valence-electron chi connectivity index (χ0n) is 10.8. The Bertz CT molecular complexity index is 416. The Balaban J connectivity index is 2.08. The Morgan fingerprint density at radius 3 is 2.76 bits per heavy atom. The van der Waals surface area contributed by atoms with Crippen molar-refractivity contribution in [2.75, 3.05) is 25.0 Å². The van der Waals surface area contributed by atoms with Gasteiger partial charge in [-0.05, 0) is 25.0 Å². The second-order valence-electron chi connectivity index (χ2n) is 4.80. The molecule has 0 aromatic heterocycles. The van der Waals surface area contributed by atoms with Crippen LogP contribution in [0.1, 0.15) is 18.9 Å². The number of anilines is 1. The number of benzene rings is 1. The summed E-state index contributed by atoms with van der Waals surface area (Å²) in [6, 6.07) is 8.79. The van der Waals surface area contributed by atoms with E-state index in [0.717, 1.165) is 19.5 Å². The minimum Gasteiger partial charge on any atom is -0.369 e. The normalized spacial score (nSPS) is 19.5. The summed E-state index contributed by atoms with van der Waals surface area (Å²) in [7, 11) is 1.90. The summed E-state index contributed by atoms with van der Waals surface area (Å²) in [4.78, 5) is 15.6. The summed E-state index contributed by atoms with van der Waals surface area (Å²) in [6.45, 7) is 5.75. The minimum atomic E-state index is 0.154. The number of carbonyl (C=O) groups excluding carboxylic acids is 1. The molecule has 3 heteroatoms. The summed E-state index contributed by atoms with van der Waals surface area (Å²) in [6.07, 6.45) is 1.06. The SMILES string of the molecule is CC(=O)N(C)C1CCN(c2ccccc2C)C1. The van der Waals surface area contributed by atoms with E-state index in [1.54, 1.807) is 6.92 Å². The number of carbonyl (C=O) groups is 1. The lowest BCUT2D eigenvalue weighted by Crippen LogP contribution is -2.37. The Kier molecular flexibility index (Phi) is 3.36. The van der Waals surface area contributed by atoms with Gasteiger partial charge in [0, 0.05) is 32.7 Å². The van der Waals surface area contributed by atoms with Crippen molar-refractivity contribution in [1.82, 2.24) is 4.90 Å². The molecule has 1 unspecified atom stereocenters. The quantitative estimate of drug-likeness (QED) is 0.779. The van der Waals surface area contributed by atoms with Crippen molar-refractivity contribution >= 4 is 11.6 Å². The fourth-order valence-electron chi connectivity index (χ4n) is 2.45. The van der Waals surface area contributed by atoms with Crippen LogP contribution in [0.4, 0.5) is 5.69 Å². The molecule has 0 bridgehead atoms.